The molecule has 1 heterocycles. The molecule has 1 aliphatic carbocycles. The average Bonchev–Trinajstić information content (AvgIpc) is 2.79. The van der Waals surface area contributed by atoms with Crippen LogP contribution in [-0.4, -0.2) is 28.8 Å². The fourth-order valence-electron chi connectivity index (χ4n) is 4.24. The van der Waals surface area contributed by atoms with Crippen LogP contribution in [-0.2, 0) is 0 Å². The Kier molecular flexibility index (Phi) is 4.37. The van der Waals surface area contributed by atoms with Crippen molar-refractivity contribution < 1.29 is 9.72 Å². The first-order valence-corrected chi connectivity index (χ1v) is 8.56. The quantitative estimate of drug-likeness (QED) is 0.610. The molecule has 1 aliphatic heterocycles. The second kappa shape index (κ2) is 6.30. The number of rotatable bonds is 2. The van der Waals surface area contributed by atoms with E-state index < -0.39 is 4.92 Å². The molecule has 5 heteroatoms. The highest BCUT2D eigenvalue weighted by atomic mass is 16.6. The van der Waals surface area contributed by atoms with E-state index in [0.717, 1.165) is 19.5 Å². The van der Waals surface area contributed by atoms with Crippen LogP contribution >= 0.6 is 0 Å². The molecule has 1 aromatic rings. The minimum Gasteiger partial charge on any atom is -0.338 e. The Balaban J connectivity index is 1.82. The first kappa shape index (κ1) is 16.0. The van der Waals surface area contributed by atoms with Crippen LogP contribution in [0.4, 0.5) is 5.69 Å². The first-order valence-electron chi connectivity index (χ1n) is 8.56. The summed E-state index contributed by atoms with van der Waals surface area (Å²) in [5.41, 5.74) is 0.995. The van der Waals surface area contributed by atoms with Gasteiger partial charge in [-0.15, -0.1) is 0 Å². The number of benzene rings is 1. The Morgan fingerprint density at radius 1 is 1.17 bits per heavy atom. The van der Waals surface area contributed by atoms with Crippen molar-refractivity contribution in [3.63, 3.8) is 0 Å². The van der Waals surface area contributed by atoms with Crippen LogP contribution < -0.4 is 0 Å². The number of nitro groups is 1. The molecule has 124 valence electrons. The highest BCUT2D eigenvalue weighted by molar-refractivity contribution is 5.98. The van der Waals surface area contributed by atoms with E-state index in [0.29, 0.717) is 5.56 Å². The van der Waals surface area contributed by atoms with Gasteiger partial charge in [-0.05, 0) is 37.7 Å². The molecule has 0 aromatic heterocycles. The molecule has 1 saturated carbocycles. The number of amides is 1. The van der Waals surface area contributed by atoms with Crippen LogP contribution in [0.5, 0.6) is 0 Å². The third kappa shape index (κ3) is 3.09. The maximum Gasteiger partial charge on any atom is 0.285 e. The van der Waals surface area contributed by atoms with Crippen LogP contribution in [0, 0.1) is 22.5 Å². The van der Waals surface area contributed by atoms with Crippen molar-refractivity contribution in [2.24, 2.45) is 5.41 Å². The van der Waals surface area contributed by atoms with Gasteiger partial charge in [0.2, 0.25) is 0 Å². The Morgan fingerprint density at radius 2 is 1.87 bits per heavy atom. The van der Waals surface area contributed by atoms with Gasteiger partial charge in [-0.1, -0.05) is 37.8 Å². The van der Waals surface area contributed by atoms with Gasteiger partial charge in [0.05, 0.1) is 4.92 Å². The molecule has 1 spiro atoms. The molecule has 1 amide bonds. The lowest BCUT2D eigenvalue weighted by Crippen LogP contribution is -2.32. The average molecular weight is 316 g/mol. The Bertz CT molecular complexity index is 619. The van der Waals surface area contributed by atoms with Gasteiger partial charge in [-0.2, -0.15) is 0 Å². The van der Waals surface area contributed by atoms with Crippen molar-refractivity contribution in [1.29, 1.82) is 0 Å². The summed E-state index contributed by atoms with van der Waals surface area (Å²) in [6.07, 6.45) is 8.48. The Labute approximate surface area is 136 Å². The third-order valence-corrected chi connectivity index (χ3v) is 5.54. The van der Waals surface area contributed by atoms with Gasteiger partial charge in [-0.25, -0.2) is 0 Å². The van der Waals surface area contributed by atoms with E-state index in [-0.39, 0.29) is 22.6 Å². The smallest absolute Gasteiger partial charge is 0.285 e. The van der Waals surface area contributed by atoms with Crippen LogP contribution in [0.2, 0.25) is 0 Å². The summed E-state index contributed by atoms with van der Waals surface area (Å²) >= 11 is 0. The molecular weight excluding hydrogens is 292 g/mol. The lowest BCUT2D eigenvalue weighted by molar-refractivity contribution is -0.385. The van der Waals surface area contributed by atoms with Crippen LogP contribution in [0.3, 0.4) is 0 Å². The zero-order chi connectivity index (χ0) is 16.4. The van der Waals surface area contributed by atoms with Crippen molar-refractivity contribution in [3.05, 3.63) is 39.4 Å². The fraction of sp³-hybridized carbons (Fsp3) is 0.611. The van der Waals surface area contributed by atoms with Gasteiger partial charge in [-0.3, -0.25) is 14.9 Å². The zero-order valence-electron chi connectivity index (χ0n) is 13.7. The summed E-state index contributed by atoms with van der Waals surface area (Å²) in [5, 5.41) is 11.3. The number of likely N-dealkylation sites (tertiary alicyclic amines) is 1. The van der Waals surface area contributed by atoms with Gasteiger partial charge in [0, 0.05) is 18.7 Å². The minimum absolute atomic E-state index is 0.0423. The summed E-state index contributed by atoms with van der Waals surface area (Å²) < 4.78 is 0. The first-order chi connectivity index (χ1) is 11.0. The maximum atomic E-state index is 12.9. The third-order valence-electron chi connectivity index (χ3n) is 5.54. The number of nitrogens with zero attached hydrogens (tertiary/aromatic N) is 2. The Morgan fingerprint density at radius 3 is 2.52 bits per heavy atom. The molecule has 0 radical (unpaired) electrons. The van der Waals surface area contributed by atoms with Crippen molar-refractivity contribution >= 4 is 11.6 Å². The van der Waals surface area contributed by atoms with Gasteiger partial charge >= 0.3 is 0 Å². The largest absolute Gasteiger partial charge is 0.338 e. The lowest BCUT2D eigenvalue weighted by Gasteiger charge is -2.27. The standard InChI is InChI=1S/C18H24N2O3/c1-14-7-6-8-15(16(14)20(22)23)17(21)19-12-11-18(13-19)9-4-2-3-5-10-18/h6-8H,2-5,9-13H2,1H3. The van der Waals surface area contributed by atoms with E-state index in [1.165, 1.54) is 38.5 Å². The van der Waals surface area contributed by atoms with E-state index in [1.54, 1.807) is 25.1 Å². The number of aryl methyl sites for hydroxylation is 1. The summed E-state index contributed by atoms with van der Waals surface area (Å²) in [6, 6.07) is 5.00. The van der Waals surface area contributed by atoms with Crippen molar-refractivity contribution in [1.82, 2.24) is 4.90 Å². The number of para-hydroxylation sites is 1. The van der Waals surface area contributed by atoms with Gasteiger partial charge in [0.25, 0.3) is 11.6 Å². The summed E-state index contributed by atoms with van der Waals surface area (Å²) in [5.74, 6) is -0.179. The molecule has 0 bridgehead atoms. The predicted molar refractivity (Wildman–Crippen MR) is 88.5 cm³/mol. The zero-order valence-corrected chi connectivity index (χ0v) is 13.7. The molecule has 0 unspecified atom stereocenters. The molecule has 5 nitrogen and oxygen atoms in total. The number of hydrogen-bond acceptors (Lipinski definition) is 3. The SMILES string of the molecule is Cc1cccc(C(=O)N2CCC3(CCCCCC3)C2)c1[N+](=O)[O-]. The summed E-state index contributed by atoms with van der Waals surface area (Å²) in [4.78, 5) is 25.6. The van der Waals surface area contributed by atoms with Gasteiger partial charge in [0.15, 0.2) is 0 Å². The normalized spacial score (nSPS) is 20.5. The minimum atomic E-state index is -0.431. The molecule has 0 N–H and O–H groups in total. The second-order valence-corrected chi connectivity index (χ2v) is 7.12. The van der Waals surface area contributed by atoms with Gasteiger partial charge < -0.3 is 4.90 Å². The van der Waals surface area contributed by atoms with E-state index in [2.05, 4.69) is 0 Å². The maximum absolute atomic E-state index is 12.9. The van der Waals surface area contributed by atoms with E-state index >= 15 is 0 Å². The second-order valence-electron chi connectivity index (χ2n) is 7.12. The molecule has 0 atom stereocenters. The fourth-order valence-corrected chi connectivity index (χ4v) is 4.24. The number of hydrogen-bond donors (Lipinski definition) is 0. The lowest BCUT2D eigenvalue weighted by atomic mass is 9.80. The molecule has 1 aromatic carbocycles. The molecule has 1 saturated heterocycles. The number of carbonyl (C=O) groups excluding carboxylic acids is 1. The van der Waals surface area contributed by atoms with Crippen molar-refractivity contribution in [3.8, 4) is 0 Å². The number of nitro benzene ring substituents is 1. The molecule has 2 fully saturated rings. The van der Waals surface area contributed by atoms with Gasteiger partial charge in [0.1, 0.15) is 5.56 Å². The van der Waals surface area contributed by atoms with E-state index in [1.807, 2.05) is 4.90 Å². The topological polar surface area (TPSA) is 63.5 Å². The summed E-state index contributed by atoms with van der Waals surface area (Å²) in [6.45, 7) is 3.17. The highest BCUT2D eigenvalue weighted by Gasteiger charge is 2.41. The highest BCUT2D eigenvalue weighted by Crippen LogP contribution is 2.43. The monoisotopic (exact) mass is 316 g/mol. The van der Waals surface area contributed by atoms with Crippen LogP contribution in [0.25, 0.3) is 0 Å². The van der Waals surface area contributed by atoms with Crippen molar-refractivity contribution in [2.45, 2.75) is 51.9 Å². The molecule has 3 rings (SSSR count). The van der Waals surface area contributed by atoms with E-state index in [4.69, 9.17) is 0 Å². The van der Waals surface area contributed by atoms with Crippen molar-refractivity contribution in [2.75, 3.05) is 13.1 Å². The molecular formula is C18H24N2O3. The number of carbonyl (C=O) groups is 1. The Hall–Kier alpha value is -1.91. The van der Waals surface area contributed by atoms with E-state index in [9.17, 15) is 14.9 Å². The van der Waals surface area contributed by atoms with Crippen LogP contribution in [0.1, 0.15) is 60.9 Å². The summed E-state index contributed by atoms with van der Waals surface area (Å²) in [7, 11) is 0. The molecule has 23 heavy (non-hydrogen) atoms. The molecule has 2 aliphatic rings. The van der Waals surface area contributed by atoms with Crippen LogP contribution in [0.15, 0.2) is 18.2 Å². The predicted octanol–water partition coefficient (Wildman–Crippen LogP) is 4.09.